The van der Waals surface area contributed by atoms with Gasteiger partial charge in [-0.05, 0) is 67.8 Å². The number of anilines is 1. The Balaban J connectivity index is 0.00000272. The lowest BCUT2D eigenvalue weighted by Gasteiger charge is -2.25. The molecular formula is C24H31ClN4O2. The highest BCUT2D eigenvalue weighted by Crippen LogP contribution is 2.40. The van der Waals surface area contributed by atoms with Gasteiger partial charge >= 0.3 is 0 Å². The molecule has 2 fully saturated rings. The maximum atomic E-state index is 10.7. The molecular weight excluding hydrogens is 412 g/mol. The fourth-order valence-corrected chi connectivity index (χ4v) is 4.73. The van der Waals surface area contributed by atoms with Crippen molar-refractivity contribution in [2.45, 2.75) is 50.9 Å². The second kappa shape index (κ2) is 10.7. The van der Waals surface area contributed by atoms with Gasteiger partial charge in [0.25, 0.3) is 0 Å². The highest BCUT2D eigenvalue weighted by atomic mass is 35.5. The number of ether oxygens (including phenoxy) is 1. The van der Waals surface area contributed by atoms with Crippen molar-refractivity contribution in [2.75, 3.05) is 25.4 Å². The minimum atomic E-state index is 0. The molecule has 1 aromatic heterocycles. The van der Waals surface area contributed by atoms with Crippen LogP contribution in [-0.4, -0.2) is 29.8 Å². The van der Waals surface area contributed by atoms with Gasteiger partial charge in [-0.2, -0.15) is 5.26 Å². The summed E-state index contributed by atoms with van der Waals surface area (Å²) in [6.45, 7) is 2.44. The topological polar surface area (TPSA) is 104 Å². The maximum absolute atomic E-state index is 10.7. The molecule has 166 valence electrons. The Bertz CT molecular complexity index is 932. The molecule has 1 aliphatic heterocycles. The minimum absolute atomic E-state index is 0. The highest BCUT2D eigenvalue weighted by Gasteiger charge is 2.24. The number of benzene rings is 1. The fraction of sp³-hybridized carbons (Fsp3) is 0.500. The van der Waals surface area contributed by atoms with Gasteiger partial charge in [0.15, 0.2) is 0 Å². The zero-order valence-electron chi connectivity index (χ0n) is 17.8. The van der Waals surface area contributed by atoms with Crippen LogP contribution in [0.3, 0.4) is 0 Å². The van der Waals surface area contributed by atoms with Crippen molar-refractivity contribution in [1.82, 2.24) is 10.3 Å². The molecule has 0 radical (unpaired) electrons. The van der Waals surface area contributed by atoms with Crippen molar-refractivity contribution in [3.63, 3.8) is 0 Å². The number of nitrogens with zero attached hydrogens (tertiary/aromatic N) is 2. The van der Waals surface area contributed by atoms with E-state index >= 15 is 0 Å². The summed E-state index contributed by atoms with van der Waals surface area (Å²) in [6.07, 6.45) is 8.25. The van der Waals surface area contributed by atoms with E-state index in [4.69, 9.17) is 10.5 Å². The van der Waals surface area contributed by atoms with Gasteiger partial charge in [0.1, 0.15) is 23.4 Å². The van der Waals surface area contributed by atoms with Crippen molar-refractivity contribution in [3.8, 4) is 28.8 Å². The summed E-state index contributed by atoms with van der Waals surface area (Å²) in [5.41, 5.74) is 8.64. The average molecular weight is 443 g/mol. The summed E-state index contributed by atoms with van der Waals surface area (Å²) < 4.78 is 6.18. The molecule has 1 aliphatic carbocycles. The zero-order chi connectivity index (χ0) is 20.9. The molecule has 0 amide bonds. The molecule has 1 atom stereocenters. The number of phenolic OH excluding ortho intramolecular Hbond substituents is 1. The third-order valence-electron chi connectivity index (χ3n) is 6.39. The molecule has 4 N–H and O–H groups in total. The van der Waals surface area contributed by atoms with E-state index in [9.17, 15) is 10.4 Å². The molecule has 0 bridgehead atoms. The van der Waals surface area contributed by atoms with E-state index < -0.39 is 0 Å². The lowest BCUT2D eigenvalue weighted by molar-refractivity contribution is 0.209. The predicted molar refractivity (Wildman–Crippen MR) is 125 cm³/mol. The molecule has 1 saturated carbocycles. The van der Waals surface area contributed by atoms with Gasteiger partial charge in [-0.25, -0.2) is 4.98 Å². The molecule has 31 heavy (non-hydrogen) atoms. The molecule has 2 aliphatic rings. The number of aromatic nitrogens is 1. The Hall–Kier alpha value is -2.49. The highest BCUT2D eigenvalue weighted by molar-refractivity contribution is 5.85. The number of phenols is 1. The number of hydrogen-bond donors (Lipinski definition) is 3. The third-order valence-corrected chi connectivity index (χ3v) is 6.39. The molecule has 2 aromatic rings. The van der Waals surface area contributed by atoms with E-state index in [1.165, 1.54) is 32.1 Å². The normalized spacial score (nSPS) is 19.3. The predicted octanol–water partition coefficient (Wildman–Crippen LogP) is 4.76. The van der Waals surface area contributed by atoms with Crippen LogP contribution < -0.4 is 15.8 Å². The van der Waals surface area contributed by atoms with E-state index in [2.05, 4.69) is 16.4 Å². The lowest BCUT2D eigenvalue weighted by Crippen LogP contribution is -2.29. The van der Waals surface area contributed by atoms with Crippen molar-refractivity contribution < 1.29 is 9.84 Å². The summed E-state index contributed by atoms with van der Waals surface area (Å²) in [4.78, 5) is 4.48. The van der Waals surface area contributed by atoms with Gasteiger partial charge in [0.05, 0.1) is 23.4 Å². The Kier molecular flexibility index (Phi) is 8.00. The molecule has 7 heteroatoms. The van der Waals surface area contributed by atoms with Crippen LogP contribution in [-0.2, 0) is 0 Å². The molecule has 0 spiro atoms. The quantitative estimate of drug-likeness (QED) is 0.616. The van der Waals surface area contributed by atoms with Crippen molar-refractivity contribution in [3.05, 3.63) is 35.4 Å². The summed E-state index contributed by atoms with van der Waals surface area (Å²) in [6, 6.07) is 9.44. The second-order valence-electron chi connectivity index (χ2n) is 8.48. The van der Waals surface area contributed by atoms with Gasteiger partial charge < -0.3 is 20.9 Å². The van der Waals surface area contributed by atoms with E-state index in [-0.39, 0.29) is 29.9 Å². The SMILES string of the molecule is Cl.N#Cc1c(C2CCCNC2)cc(-c2c(O)cccc2OCC2CCCCC2)nc1N. The van der Waals surface area contributed by atoms with Gasteiger partial charge in [-0.3, -0.25) is 0 Å². The van der Waals surface area contributed by atoms with E-state index in [0.717, 1.165) is 31.5 Å². The molecule has 2 heterocycles. The number of halogens is 1. The number of nitrogens with two attached hydrogens (primary N) is 1. The Labute approximate surface area is 190 Å². The van der Waals surface area contributed by atoms with Crippen molar-refractivity contribution in [2.24, 2.45) is 5.92 Å². The van der Waals surface area contributed by atoms with Crippen LogP contribution in [0.25, 0.3) is 11.3 Å². The summed E-state index contributed by atoms with van der Waals surface area (Å²) in [7, 11) is 0. The van der Waals surface area contributed by atoms with Crippen LogP contribution in [0.2, 0.25) is 0 Å². The number of hydrogen-bond acceptors (Lipinski definition) is 6. The maximum Gasteiger partial charge on any atom is 0.142 e. The number of pyridine rings is 1. The van der Waals surface area contributed by atoms with Gasteiger partial charge in [-0.1, -0.05) is 25.3 Å². The molecule has 1 unspecified atom stereocenters. The number of nitriles is 1. The standard InChI is InChI=1S/C24H30N4O2.ClH/c25-13-19-18(17-8-5-11-27-14-17)12-20(28-24(19)26)23-21(29)9-4-10-22(23)30-15-16-6-2-1-3-7-16;/h4,9-10,12,16-17,27,29H,1-3,5-8,11,14-15H2,(H2,26,28);1H. The van der Waals surface area contributed by atoms with Crippen LogP contribution in [0.15, 0.2) is 24.3 Å². The monoisotopic (exact) mass is 442 g/mol. The van der Waals surface area contributed by atoms with Crippen LogP contribution in [0.1, 0.15) is 62.0 Å². The smallest absolute Gasteiger partial charge is 0.142 e. The van der Waals surface area contributed by atoms with Crippen LogP contribution >= 0.6 is 12.4 Å². The Morgan fingerprint density at radius 3 is 2.71 bits per heavy atom. The zero-order valence-corrected chi connectivity index (χ0v) is 18.6. The molecule has 6 nitrogen and oxygen atoms in total. The number of nitrogen functional groups attached to an aromatic ring is 1. The van der Waals surface area contributed by atoms with Gasteiger partial charge in [-0.15, -0.1) is 12.4 Å². The Morgan fingerprint density at radius 1 is 1.19 bits per heavy atom. The van der Waals surface area contributed by atoms with Gasteiger partial charge in [0.2, 0.25) is 0 Å². The average Bonchev–Trinajstić information content (AvgIpc) is 2.78. The first-order valence-electron chi connectivity index (χ1n) is 11.0. The first kappa shape index (κ1) is 23.2. The molecule has 4 rings (SSSR count). The minimum Gasteiger partial charge on any atom is -0.507 e. The van der Waals surface area contributed by atoms with E-state index in [0.29, 0.717) is 35.1 Å². The van der Waals surface area contributed by atoms with E-state index in [1.54, 1.807) is 12.1 Å². The fourth-order valence-electron chi connectivity index (χ4n) is 4.73. The van der Waals surface area contributed by atoms with E-state index in [1.807, 2.05) is 12.1 Å². The van der Waals surface area contributed by atoms with Crippen LogP contribution in [0.5, 0.6) is 11.5 Å². The number of nitrogens with one attached hydrogen (secondary N) is 1. The first-order chi connectivity index (χ1) is 14.7. The van der Waals surface area contributed by atoms with Crippen LogP contribution in [0, 0.1) is 17.2 Å². The Morgan fingerprint density at radius 2 is 2.00 bits per heavy atom. The summed E-state index contributed by atoms with van der Waals surface area (Å²) in [5, 5.41) is 23.7. The lowest BCUT2D eigenvalue weighted by atomic mass is 9.88. The summed E-state index contributed by atoms with van der Waals surface area (Å²) in [5.74, 6) is 1.69. The van der Waals surface area contributed by atoms with Gasteiger partial charge in [0, 0.05) is 6.54 Å². The third kappa shape index (κ3) is 5.23. The number of aromatic hydroxyl groups is 1. The number of piperidine rings is 1. The number of rotatable bonds is 5. The molecule has 1 saturated heterocycles. The second-order valence-corrected chi connectivity index (χ2v) is 8.48. The largest absolute Gasteiger partial charge is 0.507 e. The van der Waals surface area contributed by atoms with Crippen molar-refractivity contribution in [1.29, 1.82) is 5.26 Å². The first-order valence-corrected chi connectivity index (χ1v) is 11.0. The molecule has 1 aromatic carbocycles. The summed E-state index contributed by atoms with van der Waals surface area (Å²) >= 11 is 0. The van der Waals surface area contributed by atoms with Crippen LogP contribution in [0.4, 0.5) is 5.82 Å². The van der Waals surface area contributed by atoms with Crippen molar-refractivity contribution >= 4 is 18.2 Å².